The number of thiophene rings is 2. The first kappa shape index (κ1) is 19.4. The van der Waals surface area contributed by atoms with Crippen LogP contribution in [0.1, 0.15) is 20.9 Å². The third-order valence-corrected chi connectivity index (χ3v) is 4.75. The van der Waals surface area contributed by atoms with Gasteiger partial charge in [0.2, 0.25) is 0 Å². The minimum Gasteiger partial charge on any atom is -0.358 e. The van der Waals surface area contributed by atoms with Crippen molar-refractivity contribution in [1.82, 2.24) is 0 Å². The van der Waals surface area contributed by atoms with Gasteiger partial charge in [0, 0.05) is 0 Å². The summed E-state index contributed by atoms with van der Waals surface area (Å²) >= 11 is 3.63. The van der Waals surface area contributed by atoms with Crippen molar-refractivity contribution in [1.29, 1.82) is 0 Å². The Labute approximate surface area is 128 Å². The molecule has 0 radical (unpaired) electrons. The molecule has 2 heterocycles. The van der Waals surface area contributed by atoms with Crippen LogP contribution in [0.25, 0.3) is 9.75 Å². The monoisotopic (exact) mass is 445 g/mol. The van der Waals surface area contributed by atoms with Gasteiger partial charge in [0.1, 0.15) is 0 Å². The molecule has 2 aromatic rings. The molecule has 0 aromatic carbocycles. The van der Waals surface area contributed by atoms with E-state index in [1.54, 1.807) is 0 Å². The molecule has 0 atom stereocenters. The number of hydrogen-bond acceptors (Lipinski definition) is 2. The van der Waals surface area contributed by atoms with Crippen molar-refractivity contribution in [2.24, 2.45) is 0 Å². The molecule has 0 fully saturated rings. The van der Waals surface area contributed by atoms with Gasteiger partial charge in [0.25, 0.3) is 0 Å². The summed E-state index contributed by atoms with van der Waals surface area (Å²) in [6.45, 7) is 8.52. The molecule has 96 valence electrons. The summed E-state index contributed by atoms with van der Waals surface area (Å²) in [5, 5.41) is 0. The van der Waals surface area contributed by atoms with Crippen molar-refractivity contribution < 1.29 is 21.1 Å². The molecule has 0 saturated carbocycles. The fraction of sp³-hybridized carbons (Fsp3) is 0.286. The fourth-order valence-electron chi connectivity index (χ4n) is 1.23. The molecule has 0 nitrogen and oxygen atoms in total. The van der Waals surface area contributed by atoms with Crippen LogP contribution in [0.3, 0.4) is 0 Å². The van der Waals surface area contributed by atoms with Crippen LogP contribution in [-0.2, 0) is 21.1 Å². The second-order valence-electron chi connectivity index (χ2n) is 3.47. The van der Waals surface area contributed by atoms with Crippen molar-refractivity contribution in [3.05, 3.63) is 47.9 Å². The molecule has 2 rings (SSSR count). The zero-order valence-electron chi connectivity index (χ0n) is 11.1. The number of hydrogen-bond donors (Lipinski definition) is 0. The maximum Gasteiger partial charge on any atom is 4.00 e. The normalized spacial score (nSPS) is 8.94. The predicted octanol–water partition coefficient (Wildman–Crippen LogP) is 5.21. The van der Waals surface area contributed by atoms with Crippen molar-refractivity contribution in [2.45, 2.75) is 27.7 Å². The second kappa shape index (κ2) is 7.51. The molecular weight excluding hydrogens is 427 g/mol. The molecule has 0 unspecified atom stereocenters. The van der Waals surface area contributed by atoms with Gasteiger partial charge >= 0.3 is 21.1 Å². The van der Waals surface area contributed by atoms with Crippen molar-refractivity contribution >= 4 is 22.7 Å². The van der Waals surface area contributed by atoms with E-state index in [2.05, 4.69) is 39.8 Å². The van der Waals surface area contributed by atoms with Gasteiger partial charge in [-0.05, 0) is 0 Å². The van der Waals surface area contributed by atoms with E-state index in [4.69, 9.17) is 0 Å². The van der Waals surface area contributed by atoms with Crippen molar-refractivity contribution in [2.75, 3.05) is 0 Å². The predicted molar refractivity (Wildman–Crippen MR) is 77.1 cm³/mol. The molecule has 0 saturated heterocycles. The standard InChI is InChI=1S/C12H12S2.2CH3.Pt/c1-7-5-11(13-9(7)3)12-6-8(2)10(4)14-12;;;/h1-4H3;2*1H3;/q-2;2*-1;+4. The van der Waals surface area contributed by atoms with E-state index in [1.165, 1.54) is 30.6 Å². The summed E-state index contributed by atoms with van der Waals surface area (Å²) in [6, 6.07) is 6.80. The molecule has 0 amide bonds. The Morgan fingerprint density at radius 2 is 1.00 bits per heavy atom. The van der Waals surface area contributed by atoms with E-state index in [0.717, 1.165) is 0 Å². The van der Waals surface area contributed by atoms with Crippen LogP contribution in [0, 0.1) is 54.7 Å². The molecule has 2 aromatic heterocycles. The third-order valence-electron chi connectivity index (χ3n) is 2.37. The van der Waals surface area contributed by atoms with Crippen LogP contribution in [0.2, 0.25) is 0 Å². The van der Waals surface area contributed by atoms with Gasteiger partial charge in [-0.15, -0.1) is 9.75 Å². The largest absolute Gasteiger partial charge is 4.00 e. The van der Waals surface area contributed by atoms with E-state index < -0.39 is 0 Å². The van der Waals surface area contributed by atoms with Crippen LogP contribution in [0.15, 0.2) is 0 Å². The minimum atomic E-state index is 0. The number of rotatable bonds is 1. The van der Waals surface area contributed by atoms with Crippen LogP contribution < -0.4 is 0 Å². The molecule has 0 spiro atoms. The Balaban J connectivity index is 0. The Hall–Kier alpha value is 0.0883. The smallest absolute Gasteiger partial charge is 0.358 e. The third kappa shape index (κ3) is 4.05. The van der Waals surface area contributed by atoms with E-state index in [9.17, 15) is 0 Å². The SMILES string of the molecule is Cc1[c-]c(-c2[c-]c(C)c(C)s2)sc1C.[CH3-].[CH3-].[Pt+4]. The van der Waals surface area contributed by atoms with Crippen LogP contribution in [-0.4, -0.2) is 0 Å². The quantitative estimate of drug-likeness (QED) is 0.529. The van der Waals surface area contributed by atoms with Gasteiger partial charge < -0.3 is 37.5 Å². The van der Waals surface area contributed by atoms with Gasteiger partial charge in [-0.1, -0.05) is 27.7 Å². The average Bonchev–Trinajstić information content (AvgIpc) is 2.60. The first-order chi connectivity index (χ1) is 6.58. The maximum atomic E-state index is 3.40. The molecule has 0 aliphatic rings. The topological polar surface area (TPSA) is 0 Å². The molecular formula is C14H18PtS2. The van der Waals surface area contributed by atoms with Gasteiger partial charge in [-0.25, -0.2) is 12.1 Å². The molecule has 0 bridgehead atoms. The Morgan fingerprint density at radius 3 is 1.18 bits per heavy atom. The van der Waals surface area contributed by atoms with Gasteiger partial charge in [-0.3, -0.25) is 0 Å². The summed E-state index contributed by atoms with van der Waals surface area (Å²) in [6.07, 6.45) is 0. The Bertz CT molecular complexity index is 383. The second-order valence-corrected chi connectivity index (χ2v) is 5.92. The fourth-order valence-corrected chi connectivity index (χ4v) is 3.20. The van der Waals surface area contributed by atoms with E-state index >= 15 is 0 Å². The maximum absolute atomic E-state index is 3.40. The van der Waals surface area contributed by atoms with Crippen LogP contribution in [0.4, 0.5) is 0 Å². The number of aryl methyl sites for hydroxylation is 4. The van der Waals surface area contributed by atoms with E-state index in [1.807, 2.05) is 22.7 Å². The van der Waals surface area contributed by atoms with Gasteiger partial charge in [0.15, 0.2) is 0 Å². The zero-order valence-corrected chi connectivity index (χ0v) is 15.0. The van der Waals surface area contributed by atoms with Crippen molar-refractivity contribution in [3.8, 4) is 9.75 Å². The van der Waals surface area contributed by atoms with E-state index in [0.29, 0.717) is 0 Å². The van der Waals surface area contributed by atoms with Gasteiger partial charge in [-0.2, -0.15) is 20.9 Å². The van der Waals surface area contributed by atoms with Gasteiger partial charge in [0.05, 0.1) is 0 Å². The molecule has 17 heavy (non-hydrogen) atoms. The molecule has 3 heteroatoms. The summed E-state index contributed by atoms with van der Waals surface area (Å²) in [5.41, 5.74) is 2.53. The van der Waals surface area contributed by atoms with Crippen LogP contribution in [0.5, 0.6) is 0 Å². The van der Waals surface area contributed by atoms with E-state index in [-0.39, 0.29) is 35.9 Å². The summed E-state index contributed by atoms with van der Waals surface area (Å²) in [4.78, 5) is 5.19. The molecule has 0 N–H and O–H groups in total. The Kier molecular flexibility index (Phi) is 8.58. The zero-order chi connectivity index (χ0) is 10.3. The van der Waals surface area contributed by atoms with Crippen LogP contribution >= 0.6 is 22.7 Å². The summed E-state index contributed by atoms with van der Waals surface area (Å²) in [5.74, 6) is 0. The van der Waals surface area contributed by atoms with Crippen molar-refractivity contribution in [3.63, 3.8) is 0 Å². The first-order valence-corrected chi connectivity index (χ1v) is 6.20. The average molecular weight is 446 g/mol. The minimum absolute atomic E-state index is 0. The molecule has 0 aliphatic heterocycles. The first-order valence-electron chi connectivity index (χ1n) is 4.57. The summed E-state index contributed by atoms with van der Waals surface area (Å²) in [7, 11) is 0. The Morgan fingerprint density at radius 1 is 0.706 bits per heavy atom. The molecule has 0 aliphatic carbocycles. The summed E-state index contributed by atoms with van der Waals surface area (Å²) < 4.78 is 0.